The normalized spacial score (nSPS) is 13.7. The molecule has 6 heteroatoms. The summed E-state index contributed by atoms with van der Waals surface area (Å²) in [6.45, 7) is 1.38. The monoisotopic (exact) mass is 266 g/mol. The molecule has 0 saturated carbocycles. The van der Waals surface area contributed by atoms with E-state index < -0.39 is 12.2 Å². The highest BCUT2D eigenvalue weighted by Gasteiger charge is 2.22. The average molecular weight is 266 g/mol. The Kier molecular flexibility index (Phi) is 5.16. The second-order valence-corrected chi connectivity index (χ2v) is 4.97. The van der Waals surface area contributed by atoms with Crippen molar-refractivity contribution in [3.8, 4) is 6.07 Å². The van der Waals surface area contributed by atoms with Crippen LogP contribution in [0.1, 0.15) is 24.2 Å². The molecule has 0 amide bonds. The maximum Gasteiger partial charge on any atom is 0.185 e. The Morgan fingerprint density at radius 3 is 2.78 bits per heavy atom. The number of carbonyl (C=O) groups is 1. The van der Waals surface area contributed by atoms with E-state index in [9.17, 15) is 15.0 Å². The smallest absolute Gasteiger partial charge is 0.185 e. The van der Waals surface area contributed by atoms with Crippen molar-refractivity contribution in [1.29, 1.82) is 5.26 Å². The van der Waals surface area contributed by atoms with Gasteiger partial charge in [-0.2, -0.15) is 5.26 Å². The number of anilines is 1. The number of thioether (sulfide) groups is 1. The topological polar surface area (TPSA) is 107 Å². The minimum absolute atomic E-state index is 0.0656. The van der Waals surface area contributed by atoms with Crippen molar-refractivity contribution in [2.75, 3.05) is 11.5 Å². The van der Waals surface area contributed by atoms with Gasteiger partial charge in [0.1, 0.15) is 6.10 Å². The Hall–Kier alpha value is -1.55. The van der Waals surface area contributed by atoms with E-state index in [4.69, 9.17) is 11.0 Å². The lowest BCUT2D eigenvalue weighted by Crippen LogP contribution is -2.22. The zero-order valence-corrected chi connectivity index (χ0v) is 10.6. The van der Waals surface area contributed by atoms with Crippen LogP contribution >= 0.6 is 11.8 Å². The summed E-state index contributed by atoms with van der Waals surface area (Å²) in [4.78, 5) is 10.8. The van der Waals surface area contributed by atoms with Gasteiger partial charge >= 0.3 is 0 Å². The first-order chi connectivity index (χ1) is 8.45. The molecular weight excluding hydrogens is 252 g/mol. The second kappa shape index (κ2) is 6.40. The fraction of sp³-hybridized carbons (Fsp3) is 0.333. The van der Waals surface area contributed by atoms with E-state index in [0.29, 0.717) is 5.69 Å². The van der Waals surface area contributed by atoms with Crippen molar-refractivity contribution >= 4 is 22.6 Å². The van der Waals surface area contributed by atoms with Crippen LogP contribution in [0.2, 0.25) is 0 Å². The van der Waals surface area contributed by atoms with Crippen molar-refractivity contribution < 1.29 is 15.0 Å². The number of hydrogen-bond acceptors (Lipinski definition) is 6. The van der Waals surface area contributed by atoms with Crippen LogP contribution in [0.4, 0.5) is 5.69 Å². The van der Waals surface area contributed by atoms with Gasteiger partial charge in [-0.3, -0.25) is 4.79 Å². The first kappa shape index (κ1) is 14.5. The number of rotatable bonds is 4. The van der Waals surface area contributed by atoms with Crippen LogP contribution in [-0.4, -0.2) is 27.2 Å². The Balaban J connectivity index is 2.89. The first-order valence-electron chi connectivity index (χ1n) is 5.24. The first-order valence-corrected chi connectivity index (χ1v) is 6.23. The van der Waals surface area contributed by atoms with Crippen LogP contribution in [0, 0.1) is 11.3 Å². The molecule has 0 aromatic heterocycles. The Bertz CT molecular complexity index is 485. The van der Waals surface area contributed by atoms with Crippen LogP contribution in [-0.2, 0) is 4.79 Å². The lowest BCUT2D eigenvalue weighted by atomic mass is 9.99. The third-order valence-corrected chi connectivity index (χ3v) is 3.25. The molecule has 4 N–H and O–H groups in total. The SMILES string of the molecule is CC(=O)SCC(O)C(O)c1cc(N)ccc1C#N. The van der Waals surface area contributed by atoms with Gasteiger partial charge in [0.2, 0.25) is 0 Å². The van der Waals surface area contributed by atoms with Crippen molar-refractivity contribution in [2.24, 2.45) is 0 Å². The molecule has 0 aliphatic rings. The van der Waals surface area contributed by atoms with E-state index >= 15 is 0 Å². The van der Waals surface area contributed by atoms with E-state index in [-0.39, 0.29) is 22.0 Å². The van der Waals surface area contributed by atoms with Crippen molar-refractivity contribution in [3.63, 3.8) is 0 Å². The molecule has 0 heterocycles. The molecule has 5 nitrogen and oxygen atoms in total. The lowest BCUT2D eigenvalue weighted by molar-refractivity contribution is -0.109. The van der Waals surface area contributed by atoms with Crippen LogP contribution in [0.3, 0.4) is 0 Å². The Morgan fingerprint density at radius 2 is 2.22 bits per heavy atom. The number of nitrogens with two attached hydrogens (primary N) is 1. The lowest BCUT2D eigenvalue weighted by Gasteiger charge is -2.18. The van der Waals surface area contributed by atoms with Crippen LogP contribution in [0.5, 0.6) is 0 Å². The maximum absolute atomic E-state index is 10.8. The number of nitrogens with zero attached hydrogens (tertiary/aromatic N) is 1. The quantitative estimate of drug-likeness (QED) is 0.696. The Morgan fingerprint density at radius 1 is 1.56 bits per heavy atom. The molecule has 0 radical (unpaired) electrons. The van der Waals surface area contributed by atoms with Gasteiger partial charge in [-0.15, -0.1) is 0 Å². The molecule has 0 bridgehead atoms. The third kappa shape index (κ3) is 3.74. The molecule has 2 unspecified atom stereocenters. The van der Waals surface area contributed by atoms with E-state index in [1.54, 1.807) is 6.07 Å². The molecule has 1 aromatic rings. The van der Waals surface area contributed by atoms with Gasteiger partial charge in [0.15, 0.2) is 5.12 Å². The van der Waals surface area contributed by atoms with Gasteiger partial charge in [-0.1, -0.05) is 11.8 Å². The highest BCUT2D eigenvalue weighted by atomic mass is 32.2. The zero-order valence-electron chi connectivity index (χ0n) is 9.83. The Labute approximate surface area is 109 Å². The number of nitriles is 1. The standard InChI is InChI=1S/C12H14N2O3S/c1-7(15)18-6-11(16)12(17)10-4-9(14)3-2-8(10)5-13/h2-4,11-12,16-17H,6,14H2,1H3. The number of hydrogen-bond donors (Lipinski definition) is 3. The van der Waals surface area contributed by atoms with Gasteiger partial charge in [0, 0.05) is 23.9 Å². The maximum atomic E-state index is 10.8. The largest absolute Gasteiger partial charge is 0.399 e. The summed E-state index contributed by atoms with van der Waals surface area (Å²) in [6, 6.07) is 6.40. The minimum Gasteiger partial charge on any atom is -0.399 e. The summed E-state index contributed by atoms with van der Waals surface area (Å²) in [5.74, 6) is 0.0656. The van der Waals surface area contributed by atoms with Gasteiger partial charge in [-0.05, 0) is 18.2 Å². The van der Waals surface area contributed by atoms with E-state index in [2.05, 4.69) is 0 Å². The fourth-order valence-electron chi connectivity index (χ4n) is 1.43. The molecular formula is C12H14N2O3S. The molecule has 2 atom stereocenters. The summed E-state index contributed by atoms with van der Waals surface area (Å²) in [7, 11) is 0. The van der Waals surface area contributed by atoms with Gasteiger partial charge in [-0.25, -0.2) is 0 Å². The summed E-state index contributed by atoms with van der Waals surface area (Å²) in [5.41, 5.74) is 6.50. The predicted octanol–water partition coefficient (Wildman–Crippen LogP) is 0.814. The number of aliphatic hydroxyl groups is 2. The van der Waals surface area contributed by atoms with Crippen LogP contribution < -0.4 is 5.73 Å². The van der Waals surface area contributed by atoms with E-state index in [1.807, 2.05) is 6.07 Å². The van der Waals surface area contributed by atoms with Crippen molar-refractivity contribution in [2.45, 2.75) is 19.1 Å². The van der Waals surface area contributed by atoms with Gasteiger partial charge in [0.05, 0.1) is 17.7 Å². The van der Waals surface area contributed by atoms with Crippen molar-refractivity contribution in [1.82, 2.24) is 0 Å². The summed E-state index contributed by atoms with van der Waals surface area (Å²) in [6.07, 6.45) is -2.37. The molecule has 0 aliphatic heterocycles. The number of aliphatic hydroxyl groups excluding tert-OH is 2. The van der Waals surface area contributed by atoms with E-state index in [0.717, 1.165) is 11.8 Å². The van der Waals surface area contributed by atoms with Crippen molar-refractivity contribution in [3.05, 3.63) is 29.3 Å². The number of nitrogen functional groups attached to an aromatic ring is 1. The minimum atomic E-state index is -1.24. The highest BCUT2D eigenvalue weighted by molar-refractivity contribution is 8.13. The molecule has 96 valence electrons. The van der Waals surface area contributed by atoms with E-state index in [1.165, 1.54) is 19.1 Å². The highest BCUT2D eigenvalue weighted by Crippen LogP contribution is 2.25. The van der Waals surface area contributed by atoms with Crippen LogP contribution in [0.25, 0.3) is 0 Å². The van der Waals surface area contributed by atoms with Gasteiger partial charge < -0.3 is 15.9 Å². The zero-order chi connectivity index (χ0) is 13.7. The number of carbonyl (C=O) groups excluding carboxylic acids is 1. The predicted molar refractivity (Wildman–Crippen MR) is 69.7 cm³/mol. The fourth-order valence-corrected chi connectivity index (χ4v) is 2.02. The molecule has 0 aliphatic carbocycles. The third-order valence-electron chi connectivity index (χ3n) is 2.34. The summed E-state index contributed by atoms with van der Waals surface area (Å²) in [5, 5.41) is 28.5. The molecule has 0 fully saturated rings. The number of benzene rings is 1. The molecule has 0 saturated heterocycles. The molecule has 18 heavy (non-hydrogen) atoms. The second-order valence-electron chi connectivity index (χ2n) is 3.77. The molecule has 1 rings (SSSR count). The average Bonchev–Trinajstić information content (AvgIpc) is 2.34. The summed E-state index contributed by atoms with van der Waals surface area (Å²) >= 11 is 0.917. The molecule has 1 aromatic carbocycles. The summed E-state index contributed by atoms with van der Waals surface area (Å²) < 4.78 is 0. The van der Waals surface area contributed by atoms with Crippen LogP contribution in [0.15, 0.2) is 18.2 Å². The molecule has 0 spiro atoms. The van der Waals surface area contributed by atoms with Gasteiger partial charge in [0.25, 0.3) is 0 Å².